The quantitative estimate of drug-likeness (QED) is 0.749. The second kappa shape index (κ2) is 6.33. The van der Waals surface area contributed by atoms with Gasteiger partial charge in [0.05, 0.1) is 13.0 Å². The van der Waals surface area contributed by atoms with Gasteiger partial charge in [0.2, 0.25) is 0 Å². The van der Waals surface area contributed by atoms with Crippen molar-refractivity contribution in [2.45, 2.75) is 20.3 Å². The van der Waals surface area contributed by atoms with Crippen LogP contribution in [-0.2, 0) is 9.53 Å². The van der Waals surface area contributed by atoms with Gasteiger partial charge < -0.3 is 4.74 Å². The van der Waals surface area contributed by atoms with Gasteiger partial charge in [-0.15, -0.1) is 0 Å². The van der Waals surface area contributed by atoms with Crippen LogP contribution in [0.2, 0.25) is 5.02 Å². The van der Waals surface area contributed by atoms with Gasteiger partial charge in [0.1, 0.15) is 0 Å². The summed E-state index contributed by atoms with van der Waals surface area (Å²) in [5, 5.41) is 0.722. The van der Waals surface area contributed by atoms with Gasteiger partial charge in [-0.1, -0.05) is 29.8 Å². The molecule has 0 amide bonds. The highest BCUT2D eigenvalue weighted by atomic mass is 35.5. The van der Waals surface area contributed by atoms with Gasteiger partial charge in [0, 0.05) is 5.02 Å². The largest absolute Gasteiger partial charge is 0.466 e. The Morgan fingerprint density at radius 1 is 1.50 bits per heavy atom. The second-order valence-electron chi connectivity index (χ2n) is 3.41. The van der Waals surface area contributed by atoms with Crippen molar-refractivity contribution in [1.82, 2.24) is 0 Å². The Morgan fingerprint density at radius 3 is 2.88 bits per heavy atom. The summed E-state index contributed by atoms with van der Waals surface area (Å²) in [6.07, 6.45) is 4.01. The molecule has 0 saturated heterocycles. The molecule has 1 aromatic rings. The number of carbonyl (C=O) groups is 1. The SMILES string of the molecule is CCOC(=O)CC=Cc1ccc(Cl)cc1C. The molecular weight excluding hydrogens is 224 g/mol. The lowest BCUT2D eigenvalue weighted by atomic mass is 10.1. The average molecular weight is 239 g/mol. The second-order valence-corrected chi connectivity index (χ2v) is 3.85. The Kier molecular flexibility index (Phi) is 5.06. The van der Waals surface area contributed by atoms with Crippen LogP contribution in [0.4, 0.5) is 0 Å². The predicted molar refractivity (Wildman–Crippen MR) is 66.5 cm³/mol. The molecule has 1 aromatic carbocycles. The van der Waals surface area contributed by atoms with Crippen molar-refractivity contribution in [3.05, 3.63) is 40.4 Å². The molecule has 0 unspecified atom stereocenters. The normalized spacial score (nSPS) is 10.7. The van der Waals surface area contributed by atoms with Crippen LogP contribution in [0.3, 0.4) is 0 Å². The number of halogens is 1. The molecule has 1 rings (SSSR count). The minimum Gasteiger partial charge on any atom is -0.466 e. The molecule has 2 nitrogen and oxygen atoms in total. The van der Waals surface area contributed by atoms with Gasteiger partial charge in [-0.25, -0.2) is 0 Å². The van der Waals surface area contributed by atoms with Crippen molar-refractivity contribution in [2.24, 2.45) is 0 Å². The molecule has 0 aliphatic carbocycles. The highest BCUT2D eigenvalue weighted by Gasteiger charge is 1.98. The van der Waals surface area contributed by atoms with E-state index in [1.165, 1.54) is 0 Å². The van der Waals surface area contributed by atoms with Crippen LogP contribution in [0.5, 0.6) is 0 Å². The number of rotatable bonds is 4. The lowest BCUT2D eigenvalue weighted by molar-refractivity contribution is -0.142. The molecule has 0 heterocycles. The van der Waals surface area contributed by atoms with E-state index in [4.69, 9.17) is 16.3 Å². The maximum atomic E-state index is 11.1. The predicted octanol–water partition coefficient (Wildman–Crippen LogP) is 3.61. The highest BCUT2D eigenvalue weighted by molar-refractivity contribution is 6.30. The van der Waals surface area contributed by atoms with Gasteiger partial charge in [-0.05, 0) is 37.1 Å². The first-order valence-corrected chi connectivity index (χ1v) is 5.59. The van der Waals surface area contributed by atoms with Crippen molar-refractivity contribution < 1.29 is 9.53 Å². The van der Waals surface area contributed by atoms with E-state index in [9.17, 15) is 4.79 Å². The molecule has 16 heavy (non-hydrogen) atoms. The Bertz CT molecular complexity index is 397. The molecule has 0 atom stereocenters. The first-order chi connectivity index (χ1) is 7.63. The molecule has 0 radical (unpaired) electrons. The summed E-state index contributed by atoms with van der Waals surface area (Å²) in [5.41, 5.74) is 2.15. The summed E-state index contributed by atoms with van der Waals surface area (Å²) >= 11 is 5.84. The Balaban J connectivity index is 2.59. The Morgan fingerprint density at radius 2 is 2.25 bits per heavy atom. The fourth-order valence-electron chi connectivity index (χ4n) is 1.33. The first kappa shape index (κ1) is 12.8. The van der Waals surface area contributed by atoms with Crippen LogP contribution in [0.25, 0.3) is 6.08 Å². The topological polar surface area (TPSA) is 26.3 Å². The fourth-order valence-corrected chi connectivity index (χ4v) is 1.55. The number of benzene rings is 1. The summed E-state index contributed by atoms with van der Waals surface area (Å²) in [7, 11) is 0. The van der Waals surface area contributed by atoms with Crippen molar-refractivity contribution in [2.75, 3.05) is 6.61 Å². The minimum atomic E-state index is -0.203. The monoisotopic (exact) mass is 238 g/mol. The molecule has 0 saturated carbocycles. The zero-order valence-electron chi connectivity index (χ0n) is 9.50. The number of aryl methyl sites for hydroxylation is 1. The maximum Gasteiger partial charge on any atom is 0.309 e. The average Bonchev–Trinajstić information content (AvgIpc) is 2.22. The van der Waals surface area contributed by atoms with E-state index in [2.05, 4.69) is 0 Å². The molecular formula is C13H15ClO2. The standard InChI is InChI=1S/C13H15ClO2/c1-3-16-13(15)6-4-5-11-7-8-12(14)9-10(11)2/h4-5,7-9H,3,6H2,1-2H3. The van der Waals surface area contributed by atoms with Crippen LogP contribution >= 0.6 is 11.6 Å². The Hall–Kier alpha value is -1.28. The van der Waals surface area contributed by atoms with Crippen molar-refractivity contribution >= 4 is 23.6 Å². The lowest BCUT2D eigenvalue weighted by Gasteiger charge is -2.00. The van der Waals surface area contributed by atoms with E-state index < -0.39 is 0 Å². The Labute approximate surface area is 101 Å². The number of esters is 1. The summed E-state index contributed by atoms with van der Waals surface area (Å²) in [4.78, 5) is 11.1. The number of ether oxygens (including phenoxy) is 1. The van der Waals surface area contributed by atoms with Gasteiger partial charge in [0.25, 0.3) is 0 Å². The van der Waals surface area contributed by atoms with Crippen molar-refractivity contribution in [3.8, 4) is 0 Å². The smallest absolute Gasteiger partial charge is 0.309 e. The molecule has 3 heteroatoms. The summed E-state index contributed by atoms with van der Waals surface area (Å²) in [6, 6.07) is 5.66. The van der Waals surface area contributed by atoms with E-state index >= 15 is 0 Å². The summed E-state index contributed by atoms with van der Waals surface area (Å²) in [6.45, 7) is 4.20. The fraction of sp³-hybridized carbons (Fsp3) is 0.308. The van der Waals surface area contributed by atoms with E-state index in [1.807, 2.05) is 31.2 Å². The lowest BCUT2D eigenvalue weighted by Crippen LogP contribution is -2.01. The van der Waals surface area contributed by atoms with Gasteiger partial charge in [0.15, 0.2) is 0 Å². The molecule has 0 aromatic heterocycles. The van der Waals surface area contributed by atoms with E-state index in [0.29, 0.717) is 13.0 Å². The van der Waals surface area contributed by atoms with Crippen molar-refractivity contribution in [1.29, 1.82) is 0 Å². The third-order valence-electron chi connectivity index (χ3n) is 2.12. The van der Waals surface area contributed by atoms with Crippen LogP contribution in [-0.4, -0.2) is 12.6 Å². The molecule has 0 spiro atoms. The molecule has 0 fully saturated rings. The third-order valence-corrected chi connectivity index (χ3v) is 2.35. The zero-order chi connectivity index (χ0) is 12.0. The van der Waals surface area contributed by atoms with Crippen molar-refractivity contribution in [3.63, 3.8) is 0 Å². The molecule has 0 aliphatic heterocycles. The number of hydrogen-bond acceptors (Lipinski definition) is 2. The van der Waals surface area contributed by atoms with Gasteiger partial charge in [-0.2, -0.15) is 0 Å². The molecule has 0 N–H and O–H groups in total. The third kappa shape index (κ3) is 4.07. The van der Waals surface area contributed by atoms with E-state index in [1.54, 1.807) is 13.0 Å². The number of carbonyl (C=O) groups excluding carboxylic acids is 1. The minimum absolute atomic E-state index is 0.203. The summed E-state index contributed by atoms with van der Waals surface area (Å²) < 4.78 is 4.82. The van der Waals surface area contributed by atoms with Crippen LogP contribution in [0.1, 0.15) is 24.5 Å². The highest BCUT2D eigenvalue weighted by Crippen LogP contribution is 2.16. The van der Waals surface area contributed by atoms with E-state index in [-0.39, 0.29) is 5.97 Å². The van der Waals surface area contributed by atoms with Gasteiger partial charge >= 0.3 is 5.97 Å². The molecule has 86 valence electrons. The first-order valence-electron chi connectivity index (χ1n) is 5.21. The summed E-state index contributed by atoms with van der Waals surface area (Å²) in [5.74, 6) is -0.203. The van der Waals surface area contributed by atoms with Crippen LogP contribution in [0.15, 0.2) is 24.3 Å². The molecule has 0 aliphatic rings. The number of hydrogen-bond donors (Lipinski definition) is 0. The zero-order valence-corrected chi connectivity index (χ0v) is 10.3. The molecule has 0 bridgehead atoms. The van der Waals surface area contributed by atoms with Crippen LogP contribution in [0, 0.1) is 6.92 Å². The van der Waals surface area contributed by atoms with Gasteiger partial charge in [-0.3, -0.25) is 4.79 Å². The van der Waals surface area contributed by atoms with E-state index in [0.717, 1.165) is 16.1 Å². The van der Waals surface area contributed by atoms with Crippen LogP contribution < -0.4 is 0 Å². The maximum absolute atomic E-state index is 11.1.